The van der Waals surface area contributed by atoms with Gasteiger partial charge in [-0.2, -0.15) is 5.10 Å². The molecule has 0 amide bonds. The third-order valence-corrected chi connectivity index (χ3v) is 3.26. The Morgan fingerprint density at radius 3 is 2.82 bits per heavy atom. The molecule has 0 N–H and O–H groups in total. The van der Waals surface area contributed by atoms with Gasteiger partial charge in [0.1, 0.15) is 0 Å². The average Bonchev–Trinajstić information content (AvgIpc) is 2.73. The summed E-state index contributed by atoms with van der Waals surface area (Å²) in [5.74, 6) is 0.154. The van der Waals surface area contributed by atoms with Gasteiger partial charge in [-0.3, -0.25) is 9.48 Å². The summed E-state index contributed by atoms with van der Waals surface area (Å²) in [5.41, 5.74) is 1.84. The lowest BCUT2D eigenvalue weighted by atomic mass is 10.0. The van der Waals surface area contributed by atoms with Crippen molar-refractivity contribution in [2.24, 2.45) is 7.05 Å². The number of aromatic nitrogens is 2. The van der Waals surface area contributed by atoms with Gasteiger partial charge in [0.15, 0.2) is 5.78 Å². The minimum absolute atomic E-state index is 0.154. The van der Waals surface area contributed by atoms with Crippen LogP contribution in [0, 0.1) is 0 Å². The van der Waals surface area contributed by atoms with Gasteiger partial charge in [0.05, 0.1) is 6.20 Å². The van der Waals surface area contributed by atoms with E-state index >= 15 is 0 Å². The molecule has 0 saturated heterocycles. The summed E-state index contributed by atoms with van der Waals surface area (Å²) in [4.78, 5) is 12.0. The molecule has 0 radical (unpaired) electrons. The molecule has 1 heterocycles. The first kappa shape index (κ1) is 12.0. The zero-order valence-electron chi connectivity index (χ0n) is 9.56. The molecule has 0 atom stereocenters. The largest absolute Gasteiger partial charge is 0.294 e. The first-order valence-electron chi connectivity index (χ1n) is 5.42. The Morgan fingerprint density at radius 2 is 2.18 bits per heavy atom. The molecule has 1 aromatic carbocycles. The van der Waals surface area contributed by atoms with Crippen LogP contribution in [0.25, 0.3) is 0 Å². The highest BCUT2D eigenvalue weighted by Crippen LogP contribution is 2.18. The molecule has 0 aliphatic heterocycles. The normalized spacial score (nSPS) is 10.5. The molecule has 0 aliphatic rings. The van der Waals surface area contributed by atoms with E-state index in [0.29, 0.717) is 6.42 Å². The molecule has 0 spiro atoms. The Bertz CT molecular complexity index is 534. The van der Waals surface area contributed by atoms with E-state index in [2.05, 4.69) is 21.0 Å². The van der Waals surface area contributed by atoms with Crippen LogP contribution >= 0.6 is 15.9 Å². The maximum Gasteiger partial charge on any atom is 0.164 e. The maximum atomic E-state index is 12.0. The molecule has 17 heavy (non-hydrogen) atoms. The Morgan fingerprint density at radius 1 is 1.41 bits per heavy atom. The number of benzene rings is 1. The van der Waals surface area contributed by atoms with Gasteiger partial charge in [0.2, 0.25) is 0 Å². The monoisotopic (exact) mass is 292 g/mol. The van der Waals surface area contributed by atoms with Crippen molar-refractivity contribution in [2.75, 3.05) is 0 Å². The van der Waals surface area contributed by atoms with Crippen molar-refractivity contribution in [3.05, 3.63) is 52.3 Å². The van der Waals surface area contributed by atoms with E-state index in [0.717, 1.165) is 22.0 Å². The Labute approximate surface area is 109 Å². The number of hydrogen-bond donors (Lipinski definition) is 0. The predicted molar refractivity (Wildman–Crippen MR) is 70.0 cm³/mol. The smallest absolute Gasteiger partial charge is 0.164 e. The quantitative estimate of drug-likeness (QED) is 0.812. The van der Waals surface area contributed by atoms with E-state index in [1.807, 2.05) is 37.5 Å². The molecule has 2 aromatic rings. The lowest BCUT2D eigenvalue weighted by molar-refractivity contribution is 0.0982. The number of carbonyl (C=O) groups excluding carboxylic acids is 1. The lowest BCUT2D eigenvalue weighted by Gasteiger charge is -2.02. The third kappa shape index (κ3) is 3.03. The van der Waals surface area contributed by atoms with Crippen molar-refractivity contribution in [1.29, 1.82) is 0 Å². The highest BCUT2D eigenvalue weighted by Gasteiger charge is 2.09. The van der Waals surface area contributed by atoms with Crippen LogP contribution in [0.5, 0.6) is 0 Å². The fourth-order valence-electron chi connectivity index (χ4n) is 1.68. The van der Waals surface area contributed by atoms with Crippen LogP contribution in [0.1, 0.15) is 22.3 Å². The van der Waals surface area contributed by atoms with Gasteiger partial charge in [-0.05, 0) is 18.1 Å². The average molecular weight is 293 g/mol. The third-order valence-electron chi connectivity index (χ3n) is 2.57. The van der Waals surface area contributed by atoms with E-state index in [1.54, 1.807) is 10.9 Å². The Balaban J connectivity index is 2.01. The van der Waals surface area contributed by atoms with Gasteiger partial charge in [0.25, 0.3) is 0 Å². The molecule has 3 nitrogen and oxygen atoms in total. The predicted octanol–water partition coefficient (Wildman–Crippen LogP) is 3.00. The van der Waals surface area contributed by atoms with Crippen LogP contribution in [-0.2, 0) is 13.5 Å². The SMILES string of the molecule is Cn1cc(CCC(=O)c2ccccc2Br)cn1. The zero-order chi connectivity index (χ0) is 12.3. The summed E-state index contributed by atoms with van der Waals surface area (Å²) in [5, 5.41) is 4.08. The number of halogens is 1. The standard InChI is InChI=1S/C13H13BrN2O/c1-16-9-10(8-15-16)6-7-13(17)11-4-2-3-5-12(11)14/h2-5,8-9H,6-7H2,1H3. The fraction of sp³-hybridized carbons (Fsp3) is 0.231. The van der Waals surface area contributed by atoms with Crippen molar-refractivity contribution in [3.63, 3.8) is 0 Å². The van der Waals surface area contributed by atoms with Crippen molar-refractivity contribution < 1.29 is 4.79 Å². The minimum Gasteiger partial charge on any atom is -0.294 e. The summed E-state index contributed by atoms with van der Waals surface area (Å²) < 4.78 is 2.61. The summed E-state index contributed by atoms with van der Waals surface area (Å²) in [7, 11) is 1.87. The molecule has 2 rings (SSSR count). The van der Waals surface area contributed by atoms with Crippen molar-refractivity contribution in [3.8, 4) is 0 Å². The Hall–Kier alpha value is -1.42. The van der Waals surface area contributed by atoms with Gasteiger partial charge in [-0.25, -0.2) is 0 Å². The number of aryl methyl sites for hydroxylation is 2. The van der Waals surface area contributed by atoms with E-state index < -0.39 is 0 Å². The molecule has 0 unspecified atom stereocenters. The van der Waals surface area contributed by atoms with E-state index in [-0.39, 0.29) is 5.78 Å². The minimum atomic E-state index is 0.154. The lowest BCUT2D eigenvalue weighted by Crippen LogP contribution is -2.01. The first-order chi connectivity index (χ1) is 8.16. The maximum absolute atomic E-state index is 12.0. The van der Waals surface area contributed by atoms with Crippen molar-refractivity contribution in [1.82, 2.24) is 9.78 Å². The number of ketones is 1. The van der Waals surface area contributed by atoms with E-state index in [4.69, 9.17) is 0 Å². The summed E-state index contributed by atoms with van der Waals surface area (Å²) >= 11 is 3.39. The second kappa shape index (κ2) is 5.27. The van der Waals surface area contributed by atoms with Crippen LogP contribution in [0.3, 0.4) is 0 Å². The second-order valence-corrected chi connectivity index (χ2v) is 4.78. The molecule has 0 bridgehead atoms. The molecule has 1 aromatic heterocycles. The van der Waals surface area contributed by atoms with E-state index in [9.17, 15) is 4.79 Å². The van der Waals surface area contributed by atoms with Crippen LogP contribution in [-0.4, -0.2) is 15.6 Å². The topological polar surface area (TPSA) is 34.9 Å². The van der Waals surface area contributed by atoms with Gasteiger partial charge < -0.3 is 0 Å². The number of Topliss-reactive ketones (excluding diaryl/α,β-unsaturated/α-hetero) is 1. The van der Waals surface area contributed by atoms with Gasteiger partial charge in [0, 0.05) is 29.7 Å². The van der Waals surface area contributed by atoms with Gasteiger partial charge >= 0.3 is 0 Å². The number of hydrogen-bond acceptors (Lipinski definition) is 2. The second-order valence-electron chi connectivity index (χ2n) is 3.93. The summed E-state index contributed by atoms with van der Waals surface area (Å²) in [6, 6.07) is 7.51. The van der Waals surface area contributed by atoms with Crippen LogP contribution in [0.4, 0.5) is 0 Å². The van der Waals surface area contributed by atoms with Gasteiger partial charge in [-0.15, -0.1) is 0 Å². The van der Waals surface area contributed by atoms with Crippen molar-refractivity contribution >= 4 is 21.7 Å². The number of rotatable bonds is 4. The summed E-state index contributed by atoms with van der Waals surface area (Å²) in [6.07, 6.45) is 4.98. The molecule has 0 fully saturated rings. The van der Waals surface area contributed by atoms with Crippen LogP contribution < -0.4 is 0 Å². The molecule has 4 heteroatoms. The highest BCUT2D eigenvalue weighted by atomic mass is 79.9. The zero-order valence-corrected chi connectivity index (χ0v) is 11.1. The van der Waals surface area contributed by atoms with Gasteiger partial charge in [-0.1, -0.05) is 34.1 Å². The fourth-order valence-corrected chi connectivity index (χ4v) is 2.19. The molecule has 88 valence electrons. The number of carbonyl (C=O) groups is 1. The molecular formula is C13H13BrN2O. The molecule has 0 saturated carbocycles. The summed E-state index contributed by atoms with van der Waals surface area (Å²) in [6.45, 7) is 0. The first-order valence-corrected chi connectivity index (χ1v) is 6.21. The van der Waals surface area contributed by atoms with Crippen LogP contribution in [0.2, 0.25) is 0 Å². The van der Waals surface area contributed by atoms with Crippen molar-refractivity contribution in [2.45, 2.75) is 12.8 Å². The van der Waals surface area contributed by atoms with E-state index in [1.165, 1.54) is 0 Å². The molecular weight excluding hydrogens is 280 g/mol. The number of nitrogens with zero attached hydrogens (tertiary/aromatic N) is 2. The highest BCUT2D eigenvalue weighted by molar-refractivity contribution is 9.10. The molecule has 0 aliphatic carbocycles. The van der Waals surface area contributed by atoms with Crippen LogP contribution in [0.15, 0.2) is 41.1 Å². The Kier molecular flexibility index (Phi) is 3.74.